The quantitative estimate of drug-likeness (QED) is 0.418. The second kappa shape index (κ2) is 11.0. The minimum absolute atomic E-state index is 0.243. The van der Waals surface area contributed by atoms with Gasteiger partial charge in [0, 0.05) is 20.2 Å². The first-order valence-electron chi connectivity index (χ1n) is 7.86. The number of hydrogen-bond donors (Lipinski definition) is 2. The zero-order chi connectivity index (χ0) is 16.2. The third-order valence-corrected chi connectivity index (χ3v) is 2.94. The molecule has 1 aromatic carbocycles. The van der Waals surface area contributed by atoms with Gasteiger partial charge in [-0.3, -0.25) is 0 Å². The van der Waals surface area contributed by atoms with Crippen LogP contribution in [-0.4, -0.2) is 38.9 Å². The van der Waals surface area contributed by atoms with E-state index in [4.69, 9.17) is 9.47 Å². The molecule has 5 nitrogen and oxygen atoms in total. The van der Waals surface area contributed by atoms with Gasteiger partial charge in [0.15, 0.2) is 5.96 Å². The number of nitrogens with zero attached hydrogens (tertiary/aromatic N) is 1. The van der Waals surface area contributed by atoms with Crippen LogP contribution in [-0.2, 0) is 22.6 Å². The molecular weight excluding hydrogens is 278 g/mol. The fraction of sp³-hybridized carbons (Fsp3) is 0.588. The zero-order valence-corrected chi connectivity index (χ0v) is 14.2. The van der Waals surface area contributed by atoms with Crippen molar-refractivity contribution in [3.8, 4) is 0 Å². The first-order chi connectivity index (χ1) is 10.7. The first kappa shape index (κ1) is 18.5. The maximum atomic E-state index is 5.64. The maximum absolute atomic E-state index is 5.64. The summed E-state index contributed by atoms with van der Waals surface area (Å²) in [6.45, 7) is 9.65. The van der Waals surface area contributed by atoms with E-state index in [9.17, 15) is 0 Å². The van der Waals surface area contributed by atoms with Gasteiger partial charge in [0.1, 0.15) is 0 Å². The summed E-state index contributed by atoms with van der Waals surface area (Å²) in [7, 11) is 1.69. The summed E-state index contributed by atoms with van der Waals surface area (Å²) < 4.78 is 10.7. The van der Waals surface area contributed by atoms with Crippen LogP contribution in [0, 0.1) is 0 Å². The van der Waals surface area contributed by atoms with Crippen molar-refractivity contribution in [1.29, 1.82) is 0 Å². The van der Waals surface area contributed by atoms with Crippen molar-refractivity contribution in [2.75, 3.05) is 26.8 Å². The number of benzene rings is 1. The highest BCUT2D eigenvalue weighted by Crippen LogP contribution is 2.09. The van der Waals surface area contributed by atoms with Crippen LogP contribution in [0.15, 0.2) is 29.3 Å². The summed E-state index contributed by atoms with van der Waals surface area (Å²) >= 11 is 0. The molecule has 0 aliphatic rings. The Hall–Kier alpha value is -1.59. The van der Waals surface area contributed by atoms with Gasteiger partial charge in [-0.1, -0.05) is 24.3 Å². The molecule has 0 saturated carbocycles. The number of hydrogen-bond acceptors (Lipinski definition) is 3. The minimum Gasteiger partial charge on any atom is -0.383 e. The van der Waals surface area contributed by atoms with Gasteiger partial charge in [0.05, 0.1) is 25.9 Å². The van der Waals surface area contributed by atoms with E-state index in [1.165, 1.54) is 11.1 Å². The molecule has 5 heteroatoms. The van der Waals surface area contributed by atoms with E-state index >= 15 is 0 Å². The van der Waals surface area contributed by atoms with Crippen molar-refractivity contribution in [2.24, 2.45) is 4.99 Å². The van der Waals surface area contributed by atoms with Crippen LogP contribution in [0.4, 0.5) is 0 Å². The van der Waals surface area contributed by atoms with Gasteiger partial charge in [0.2, 0.25) is 0 Å². The van der Waals surface area contributed by atoms with E-state index in [2.05, 4.69) is 46.8 Å². The monoisotopic (exact) mass is 307 g/mol. The van der Waals surface area contributed by atoms with Gasteiger partial charge in [-0.25, -0.2) is 4.99 Å². The molecule has 0 bridgehead atoms. The van der Waals surface area contributed by atoms with Crippen LogP contribution in [0.25, 0.3) is 0 Å². The summed E-state index contributed by atoms with van der Waals surface area (Å²) in [4.78, 5) is 4.59. The van der Waals surface area contributed by atoms with Gasteiger partial charge >= 0.3 is 0 Å². The molecule has 0 atom stereocenters. The van der Waals surface area contributed by atoms with Gasteiger partial charge in [0.25, 0.3) is 0 Å². The fourth-order valence-corrected chi connectivity index (χ4v) is 1.86. The average molecular weight is 307 g/mol. The van der Waals surface area contributed by atoms with Crippen LogP contribution in [0.1, 0.15) is 31.9 Å². The smallest absolute Gasteiger partial charge is 0.191 e. The third-order valence-electron chi connectivity index (χ3n) is 2.94. The molecule has 0 saturated heterocycles. The van der Waals surface area contributed by atoms with E-state index in [1.54, 1.807) is 7.11 Å². The Morgan fingerprint density at radius 2 is 2.00 bits per heavy atom. The molecule has 0 radical (unpaired) electrons. The molecule has 0 heterocycles. The Bertz CT molecular complexity index is 447. The Balaban J connectivity index is 2.58. The SMILES string of the molecule is CCNC(=NCc1cccc(COC(C)C)c1)NCCOC. The minimum atomic E-state index is 0.243. The summed E-state index contributed by atoms with van der Waals surface area (Å²) in [6, 6.07) is 8.36. The van der Waals surface area contributed by atoms with Crippen molar-refractivity contribution in [3.63, 3.8) is 0 Å². The predicted molar refractivity (Wildman–Crippen MR) is 91.1 cm³/mol. The number of methoxy groups -OCH3 is 1. The van der Waals surface area contributed by atoms with E-state index < -0.39 is 0 Å². The Morgan fingerprint density at radius 3 is 2.68 bits per heavy atom. The van der Waals surface area contributed by atoms with Crippen LogP contribution in [0.5, 0.6) is 0 Å². The topological polar surface area (TPSA) is 54.9 Å². The lowest BCUT2D eigenvalue weighted by molar-refractivity contribution is 0.0657. The summed E-state index contributed by atoms with van der Waals surface area (Å²) in [6.07, 6.45) is 0.243. The molecule has 2 N–H and O–H groups in total. The second-order valence-electron chi connectivity index (χ2n) is 5.29. The molecule has 22 heavy (non-hydrogen) atoms. The first-order valence-corrected chi connectivity index (χ1v) is 7.86. The highest BCUT2D eigenvalue weighted by Gasteiger charge is 2.00. The van der Waals surface area contributed by atoms with E-state index in [0.717, 1.165) is 19.0 Å². The van der Waals surface area contributed by atoms with Crippen LogP contribution >= 0.6 is 0 Å². The van der Waals surface area contributed by atoms with Crippen LogP contribution in [0.3, 0.4) is 0 Å². The molecular formula is C17H29N3O2. The summed E-state index contributed by atoms with van der Waals surface area (Å²) in [5, 5.41) is 6.46. The number of aliphatic imine (C=N–C) groups is 1. The Kier molecular flexibility index (Phi) is 9.26. The fourth-order valence-electron chi connectivity index (χ4n) is 1.86. The van der Waals surface area contributed by atoms with E-state index in [1.807, 2.05) is 13.8 Å². The van der Waals surface area contributed by atoms with Crippen molar-refractivity contribution < 1.29 is 9.47 Å². The van der Waals surface area contributed by atoms with E-state index in [0.29, 0.717) is 19.8 Å². The third kappa shape index (κ3) is 8.00. The number of nitrogens with one attached hydrogen (secondary N) is 2. The largest absolute Gasteiger partial charge is 0.383 e. The van der Waals surface area contributed by atoms with Gasteiger partial charge in [-0.05, 0) is 31.9 Å². The van der Waals surface area contributed by atoms with Crippen molar-refractivity contribution in [3.05, 3.63) is 35.4 Å². The number of guanidine groups is 1. The highest BCUT2D eigenvalue weighted by molar-refractivity contribution is 5.79. The Morgan fingerprint density at radius 1 is 1.23 bits per heavy atom. The summed E-state index contributed by atoms with van der Waals surface area (Å²) in [5.74, 6) is 0.809. The summed E-state index contributed by atoms with van der Waals surface area (Å²) in [5.41, 5.74) is 2.35. The van der Waals surface area contributed by atoms with Gasteiger partial charge < -0.3 is 20.1 Å². The van der Waals surface area contributed by atoms with Crippen LogP contribution < -0.4 is 10.6 Å². The van der Waals surface area contributed by atoms with Crippen LogP contribution in [0.2, 0.25) is 0 Å². The Labute approximate surface area is 134 Å². The van der Waals surface area contributed by atoms with Crippen molar-refractivity contribution >= 4 is 5.96 Å². The van der Waals surface area contributed by atoms with Crippen molar-refractivity contribution in [1.82, 2.24) is 10.6 Å². The predicted octanol–water partition coefficient (Wildman–Crippen LogP) is 2.31. The molecule has 0 amide bonds. The lowest BCUT2D eigenvalue weighted by Gasteiger charge is -2.11. The lowest BCUT2D eigenvalue weighted by atomic mass is 10.1. The zero-order valence-electron chi connectivity index (χ0n) is 14.2. The molecule has 0 unspecified atom stereocenters. The van der Waals surface area contributed by atoms with Gasteiger partial charge in [-0.15, -0.1) is 0 Å². The standard InChI is InChI=1S/C17H29N3O2/c1-5-18-17(19-9-10-21-4)20-12-15-7-6-8-16(11-15)13-22-14(2)3/h6-8,11,14H,5,9-10,12-13H2,1-4H3,(H2,18,19,20). The van der Waals surface area contributed by atoms with Crippen molar-refractivity contribution in [2.45, 2.75) is 40.0 Å². The lowest BCUT2D eigenvalue weighted by Crippen LogP contribution is -2.38. The molecule has 0 aromatic heterocycles. The maximum Gasteiger partial charge on any atom is 0.191 e. The second-order valence-corrected chi connectivity index (χ2v) is 5.29. The van der Waals surface area contributed by atoms with Gasteiger partial charge in [-0.2, -0.15) is 0 Å². The molecule has 1 aromatic rings. The highest BCUT2D eigenvalue weighted by atomic mass is 16.5. The van der Waals surface area contributed by atoms with E-state index in [-0.39, 0.29) is 6.10 Å². The number of rotatable bonds is 9. The molecule has 124 valence electrons. The molecule has 0 aliphatic heterocycles. The molecule has 1 rings (SSSR count). The molecule has 0 fully saturated rings. The normalized spacial score (nSPS) is 11.8. The molecule has 0 spiro atoms. The average Bonchev–Trinajstić information content (AvgIpc) is 2.51. The number of ether oxygens (including phenoxy) is 2. The molecule has 0 aliphatic carbocycles.